The van der Waals surface area contributed by atoms with Crippen LogP contribution in [0, 0.1) is 0 Å². The Morgan fingerprint density at radius 2 is 0.941 bits per heavy atom. The standard InChI is InChI=1S/C17H9NO9S4.3Na/c19-29(20,21)13-5-12(18-7-28)8-1-2-10-14(30(22,23)24)6-15(31(25,26)27)11-4-3-9(13)16(8)17(10)11;;;/h1-6H,(H,19,20,21)(H,22,23,24)(H,25,26,27);;;. The molecule has 0 unspecified atom stereocenters. The van der Waals surface area contributed by atoms with Crippen molar-refractivity contribution in [1.29, 1.82) is 0 Å². The van der Waals surface area contributed by atoms with Crippen molar-refractivity contribution in [3.63, 3.8) is 0 Å². The zero-order valence-electron chi connectivity index (χ0n) is 17.8. The summed E-state index contributed by atoms with van der Waals surface area (Å²) in [6.45, 7) is 0. The van der Waals surface area contributed by atoms with E-state index in [-0.39, 0.29) is 127 Å². The van der Waals surface area contributed by atoms with Crippen LogP contribution < -0.4 is 0 Å². The van der Waals surface area contributed by atoms with E-state index in [9.17, 15) is 38.9 Å². The summed E-state index contributed by atoms with van der Waals surface area (Å²) in [6.07, 6.45) is 0. The Kier molecular flexibility index (Phi) is 10.6. The number of aliphatic imine (C=N–C) groups is 1. The van der Waals surface area contributed by atoms with Gasteiger partial charge < -0.3 is 0 Å². The molecule has 0 aliphatic carbocycles. The van der Waals surface area contributed by atoms with E-state index in [1.54, 1.807) is 0 Å². The molecule has 0 heterocycles. The fraction of sp³-hybridized carbons (Fsp3) is 0. The Labute approximate surface area is 265 Å². The summed E-state index contributed by atoms with van der Waals surface area (Å²) in [6, 6.07) is 6.61. The Balaban J connectivity index is 0.00000193. The van der Waals surface area contributed by atoms with E-state index in [1.807, 2.05) is 0 Å². The molecule has 17 heteroatoms. The first-order valence-electron chi connectivity index (χ1n) is 8.04. The number of benzene rings is 4. The molecule has 0 aliphatic rings. The molecular formula is C17H9NNa3O9S4. The molecule has 0 bridgehead atoms. The first-order valence-corrected chi connectivity index (χ1v) is 12.8. The molecule has 0 saturated heterocycles. The second kappa shape index (κ2) is 11.1. The minimum atomic E-state index is -4.96. The molecule has 0 amide bonds. The number of hydrogen-bond donors (Lipinski definition) is 3. The van der Waals surface area contributed by atoms with Gasteiger partial charge in [0.1, 0.15) is 14.7 Å². The monoisotopic (exact) mass is 568 g/mol. The summed E-state index contributed by atoms with van der Waals surface area (Å²) in [4.78, 5) is 1.55. The molecule has 0 aliphatic heterocycles. The Hall–Kier alpha value is 0.450. The maximum Gasteiger partial charge on any atom is 0.295 e. The predicted molar refractivity (Wildman–Crippen MR) is 132 cm³/mol. The fourth-order valence-corrected chi connectivity index (χ4v) is 5.97. The third-order valence-corrected chi connectivity index (χ3v) is 7.53. The van der Waals surface area contributed by atoms with Crippen LogP contribution in [0.5, 0.6) is 0 Å². The number of rotatable bonds is 4. The number of nitrogens with zero attached hydrogens (tertiary/aromatic N) is 1. The molecule has 10 nitrogen and oxygen atoms in total. The molecule has 4 rings (SSSR count). The van der Waals surface area contributed by atoms with Crippen molar-refractivity contribution in [2.24, 2.45) is 4.99 Å². The molecule has 0 atom stereocenters. The Morgan fingerprint density at radius 3 is 1.29 bits per heavy atom. The van der Waals surface area contributed by atoms with E-state index in [2.05, 4.69) is 22.4 Å². The van der Waals surface area contributed by atoms with Crippen LogP contribution in [-0.2, 0) is 30.4 Å². The van der Waals surface area contributed by atoms with Crippen LogP contribution in [0.25, 0.3) is 32.3 Å². The fourth-order valence-electron chi connectivity index (χ4n) is 3.66. The molecule has 3 radical (unpaired) electrons. The van der Waals surface area contributed by atoms with Crippen molar-refractivity contribution in [3.8, 4) is 0 Å². The topological polar surface area (TPSA) is 175 Å². The summed E-state index contributed by atoms with van der Waals surface area (Å²) < 4.78 is 101. The average Bonchev–Trinajstić information content (AvgIpc) is 2.63. The first-order chi connectivity index (χ1) is 14.2. The Bertz CT molecular complexity index is 1760. The molecule has 0 spiro atoms. The van der Waals surface area contributed by atoms with Crippen LogP contribution >= 0.6 is 12.2 Å². The van der Waals surface area contributed by atoms with Crippen LogP contribution in [0.15, 0.2) is 56.1 Å². The van der Waals surface area contributed by atoms with Gasteiger partial charge in [0.25, 0.3) is 30.4 Å². The van der Waals surface area contributed by atoms with E-state index in [1.165, 1.54) is 18.2 Å². The Morgan fingerprint density at radius 1 is 0.618 bits per heavy atom. The van der Waals surface area contributed by atoms with Crippen LogP contribution in [0.3, 0.4) is 0 Å². The van der Waals surface area contributed by atoms with Crippen molar-refractivity contribution in [3.05, 3.63) is 36.4 Å². The van der Waals surface area contributed by atoms with E-state index < -0.39 is 45.0 Å². The van der Waals surface area contributed by atoms with Gasteiger partial charge in [-0.2, -0.15) is 30.2 Å². The van der Waals surface area contributed by atoms with Gasteiger partial charge in [0.2, 0.25) is 0 Å². The SMILES string of the molecule is O=S(=O)(O)c1cc(N=C=S)c2ccc3c(S(=O)(=O)O)cc(S(=O)(=O)O)c4ccc1c2c34.[Na].[Na].[Na]. The van der Waals surface area contributed by atoms with Gasteiger partial charge in [0.15, 0.2) is 0 Å². The predicted octanol–water partition coefficient (Wildman–Crippen LogP) is 1.92. The van der Waals surface area contributed by atoms with Crippen molar-refractivity contribution >= 4 is 174 Å². The third kappa shape index (κ3) is 5.64. The zero-order chi connectivity index (χ0) is 22.9. The zero-order valence-corrected chi connectivity index (χ0v) is 27.1. The molecule has 3 N–H and O–H groups in total. The molecule has 4 aromatic rings. The van der Waals surface area contributed by atoms with E-state index in [4.69, 9.17) is 0 Å². The minimum absolute atomic E-state index is 0. The van der Waals surface area contributed by atoms with Crippen molar-refractivity contribution in [2.75, 3.05) is 0 Å². The van der Waals surface area contributed by atoms with Gasteiger partial charge in [-0.3, -0.25) is 13.7 Å². The number of thiocarbonyl (C=S) groups is 1. The van der Waals surface area contributed by atoms with E-state index >= 15 is 0 Å². The van der Waals surface area contributed by atoms with Crippen LogP contribution in [0.4, 0.5) is 5.69 Å². The van der Waals surface area contributed by atoms with Crippen molar-refractivity contribution in [1.82, 2.24) is 0 Å². The van der Waals surface area contributed by atoms with Gasteiger partial charge >= 0.3 is 0 Å². The van der Waals surface area contributed by atoms with Crippen LogP contribution in [0.2, 0.25) is 0 Å². The van der Waals surface area contributed by atoms with E-state index in [0.29, 0.717) is 6.07 Å². The van der Waals surface area contributed by atoms with Crippen LogP contribution in [0.1, 0.15) is 0 Å². The minimum Gasteiger partial charge on any atom is -0.282 e. The summed E-state index contributed by atoms with van der Waals surface area (Å²) in [5.74, 6) is 0. The maximum absolute atomic E-state index is 12.0. The van der Waals surface area contributed by atoms with Gasteiger partial charge in [-0.15, -0.1) is 0 Å². The van der Waals surface area contributed by atoms with Gasteiger partial charge in [-0.25, -0.2) is 0 Å². The second-order valence-electron chi connectivity index (χ2n) is 6.47. The molecule has 4 aromatic carbocycles. The molecule has 34 heavy (non-hydrogen) atoms. The largest absolute Gasteiger partial charge is 0.295 e. The smallest absolute Gasteiger partial charge is 0.282 e. The average molecular weight is 568 g/mol. The summed E-state index contributed by atoms with van der Waals surface area (Å²) in [5, 5.41) is 1.85. The number of hydrogen-bond acceptors (Lipinski definition) is 8. The quantitative estimate of drug-likeness (QED) is 0.108. The molecule has 0 fully saturated rings. The first kappa shape index (κ1) is 32.5. The maximum atomic E-state index is 12.0. The summed E-state index contributed by atoms with van der Waals surface area (Å²) in [5.41, 5.74) is -0.0461. The third-order valence-electron chi connectivity index (χ3n) is 4.76. The molecule has 0 saturated carbocycles. The van der Waals surface area contributed by atoms with Crippen molar-refractivity contribution in [2.45, 2.75) is 14.7 Å². The van der Waals surface area contributed by atoms with Gasteiger partial charge in [0, 0.05) is 121 Å². The normalized spacial score (nSPS) is 12.0. The molecular weight excluding hydrogens is 559 g/mol. The van der Waals surface area contributed by atoms with Crippen molar-refractivity contribution < 1.29 is 38.9 Å². The van der Waals surface area contributed by atoms with Crippen LogP contribution in [-0.4, -0.2) is 133 Å². The van der Waals surface area contributed by atoms with E-state index in [0.717, 1.165) is 12.1 Å². The summed E-state index contributed by atoms with van der Waals surface area (Å²) >= 11 is 4.57. The molecule has 0 aromatic heterocycles. The summed E-state index contributed by atoms with van der Waals surface area (Å²) in [7, 11) is -14.7. The van der Waals surface area contributed by atoms with Gasteiger partial charge in [-0.1, -0.05) is 24.3 Å². The van der Waals surface area contributed by atoms with Gasteiger partial charge in [0.05, 0.1) is 10.8 Å². The van der Waals surface area contributed by atoms with Gasteiger partial charge in [-0.05, 0) is 24.4 Å². The molecule has 163 valence electrons. The number of isothiocyanates is 1. The second-order valence-corrected chi connectivity index (χ2v) is 10.8.